The number of amides is 3. The fourth-order valence-corrected chi connectivity index (χ4v) is 5.36. The van der Waals surface area contributed by atoms with E-state index in [0.717, 1.165) is 44.3 Å². The highest BCUT2D eigenvalue weighted by Crippen LogP contribution is 2.29. The van der Waals surface area contributed by atoms with Gasteiger partial charge in [-0.3, -0.25) is 9.78 Å². The molecule has 192 valence electrons. The second-order valence-electron chi connectivity index (χ2n) is 10.0. The summed E-state index contributed by atoms with van der Waals surface area (Å²) in [5, 5.41) is 3.13. The largest absolute Gasteiger partial charge is 0.346 e. The summed E-state index contributed by atoms with van der Waals surface area (Å²) >= 11 is 0. The molecule has 5 rings (SSSR count). The van der Waals surface area contributed by atoms with E-state index in [0.29, 0.717) is 24.3 Å². The molecule has 2 fully saturated rings. The van der Waals surface area contributed by atoms with Gasteiger partial charge in [0.25, 0.3) is 5.91 Å². The van der Waals surface area contributed by atoms with E-state index in [2.05, 4.69) is 41.5 Å². The van der Waals surface area contributed by atoms with Crippen LogP contribution in [0.4, 0.5) is 9.18 Å². The maximum Gasteiger partial charge on any atom is 0.320 e. The van der Waals surface area contributed by atoms with E-state index in [-0.39, 0.29) is 29.7 Å². The van der Waals surface area contributed by atoms with Crippen molar-refractivity contribution in [3.63, 3.8) is 0 Å². The highest BCUT2D eigenvalue weighted by atomic mass is 19.1. The predicted octanol–water partition coefficient (Wildman–Crippen LogP) is 5.25. The summed E-state index contributed by atoms with van der Waals surface area (Å²) in [6.45, 7) is 4.85. The number of nitrogens with zero attached hydrogens (tertiary/aromatic N) is 3. The molecule has 1 N–H and O–H groups in total. The molecular formula is C30H33FN4O2. The Morgan fingerprint density at radius 1 is 0.973 bits per heavy atom. The van der Waals surface area contributed by atoms with Crippen molar-refractivity contribution in [2.75, 3.05) is 26.2 Å². The Kier molecular flexibility index (Phi) is 7.49. The van der Waals surface area contributed by atoms with E-state index in [4.69, 9.17) is 0 Å². The molecule has 37 heavy (non-hydrogen) atoms. The number of piperidine rings is 1. The molecule has 3 heterocycles. The molecule has 2 aromatic carbocycles. The normalized spacial score (nSPS) is 19.6. The van der Waals surface area contributed by atoms with Crippen molar-refractivity contribution in [1.82, 2.24) is 20.1 Å². The maximum atomic E-state index is 13.6. The van der Waals surface area contributed by atoms with Crippen LogP contribution >= 0.6 is 0 Å². The lowest BCUT2D eigenvalue weighted by Crippen LogP contribution is -2.54. The summed E-state index contributed by atoms with van der Waals surface area (Å²) in [5.74, 6) is -0.449. The zero-order valence-electron chi connectivity index (χ0n) is 21.2. The number of hydrogen-bond acceptors (Lipinski definition) is 3. The topological polar surface area (TPSA) is 65.5 Å². The predicted molar refractivity (Wildman–Crippen MR) is 142 cm³/mol. The molecule has 2 saturated heterocycles. The Bertz CT molecular complexity index is 1240. The number of carbonyl (C=O) groups excluding carboxylic acids is 2. The Hall–Kier alpha value is -3.74. The average molecular weight is 501 g/mol. The monoisotopic (exact) mass is 500 g/mol. The molecule has 6 nitrogen and oxygen atoms in total. The second kappa shape index (κ2) is 11.1. The number of halogens is 1. The summed E-state index contributed by atoms with van der Waals surface area (Å²) in [6, 6.07) is 18.2. The Balaban J connectivity index is 1.31. The molecule has 2 unspecified atom stereocenters. The molecule has 7 heteroatoms. The molecule has 0 aliphatic carbocycles. The first-order valence-electron chi connectivity index (χ1n) is 13.2. The number of likely N-dealkylation sites (tertiary alicyclic amines) is 2. The number of aromatic nitrogens is 1. The summed E-state index contributed by atoms with van der Waals surface area (Å²) in [7, 11) is 0. The SMILES string of the molecule is CCc1ccc(C2CC(NC(=O)c3ccc(-c4cccc(F)c4)cn3)CN(C(=O)N3CCCC3)C2)cc1. The lowest BCUT2D eigenvalue weighted by Gasteiger charge is -2.40. The van der Waals surface area contributed by atoms with Crippen LogP contribution in [0.25, 0.3) is 11.1 Å². The summed E-state index contributed by atoms with van der Waals surface area (Å²) in [6.07, 6.45) is 5.40. The van der Waals surface area contributed by atoms with Crippen LogP contribution in [0.3, 0.4) is 0 Å². The molecule has 1 aromatic heterocycles. The fourth-order valence-electron chi connectivity index (χ4n) is 5.36. The minimum absolute atomic E-state index is 0.0594. The number of hydrogen-bond donors (Lipinski definition) is 1. The molecule has 2 aliphatic heterocycles. The molecular weight excluding hydrogens is 467 g/mol. The zero-order valence-corrected chi connectivity index (χ0v) is 21.2. The van der Waals surface area contributed by atoms with Gasteiger partial charge in [0.1, 0.15) is 11.5 Å². The lowest BCUT2D eigenvalue weighted by molar-refractivity contribution is 0.0886. The first kappa shape index (κ1) is 24.9. The van der Waals surface area contributed by atoms with Gasteiger partial charge in [0, 0.05) is 49.9 Å². The number of carbonyl (C=O) groups is 2. The van der Waals surface area contributed by atoms with Crippen molar-refractivity contribution in [3.8, 4) is 11.1 Å². The highest BCUT2D eigenvalue weighted by Gasteiger charge is 2.34. The van der Waals surface area contributed by atoms with E-state index in [1.165, 1.54) is 23.3 Å². The maximum absolute atomic E-state index is 13.6. The number of pyridine rings is 1. The minimum Gasteiger partial charge on any atom is -0.346 e. The van der Waals surface area contributed by atoms with Gasteiger partial charge in [0.05, 0.1) is 0 Å². The minimum atomic E-state index is -0.316. The Morgan fingerprint density at radius 2 is 1.76 bits per heavy atom. The van der Waals surface area contributed by atoms with E-state index in [1.54, 1.807) is 30.5 Å². The van der Waals surface area contributed by atoms with Gasteiger partial charge in [-0.25, -0.2) is 9.18 Å². The third-order valence-corrected chi connectivity index (χ3v) is 7.45. The van der Waals surface area contributed by atoms with Gasteiger partial charge in [-0.2, -0.15) is 0 Å². The zero-order chi connectivity index (χ0) is 25.8. The highest BCUT2D eigenvalue weighted by molar-refractivity contribution is 5.92. The van der Waals surface area contributed by atoms with Crippen molar-refractivity contribution in [1.29, 1.82) is 0 Å². The number of rotatable bonds is 5. The van der Waals surface area contributed by atoms with Crippen LogP contribution in [0.5, 0.6) is 0 Å². The third kappa shape index (κ3) is 5.82. The van der Waals surface area contributed by atoms with Gasteiger partial charge in [0.15, 0.2) is 0 Å². The van der Waals surface area contributed by atoms with E-state index in [9.17, 15) is 14.0 Å². The van der Waals surface area contributed by atoms with Gasteiger partial charge in [-0.05, 0) is 60.6 Å². The first-order valence-corrected chi connectivity index (χ1v) is 13.2. The van der Waals surface area contributed by atoms with E-state index < -0.39 is 0 Å². The summed E-state index contributed by atoms with van der Waals surface area (Å²) in [4.78, 5) is 34.6. The molecule has 0 saturated carbocycles. The van der Waals surface area contributed by atoms with Crippen molar-refractivity contribution in [2.24, 2.45) is 0 Å². The molecule has 3 amide bonds. The van der Waals surface area contributed by atoms with Crippen molar-refractivity contribution in [2.45, 2.75) is 44.6 Å². The lowest BCUT2D eigenvalue weighted by atomic mass is 9.87. The second-order valence-corrected chi connectivity index (χ2v) is 10.0. The summed E-state index contributed by atoms with van der Waals surface area (Å²) < 4.78 is 13.6. The molecule has 3 aromatic rings. The fraction of sp³-hybridized carbons (Fsp3) is 0.367. The van der Waals surface area contributed by atoms with E-state index >= 15 is 0 Å². The van der Waals surface area contributed by atoms with Crippen LogP contribution in [0.1, 0.15) is 53.7 Å². The first-order chi connectivity index (χ1) is 18.0. The molecule has 2 atom stereocenters. The number of nitrogens with one attached hydrogen (secondary N) is 1. The molecule has 0 bridgehead atoms. The number of urea groups is 1. The number of benzene rings is 2. The molecule has 0 radical (unpaired) electrons. The van der Waals surface area contributed by atoms with Gasteiger partial charge in [-0.15, -0.1) is 0 Å². The Labute approximate surface area is 217 Å². The third-order valence-electron chi connectivity index (χ3n) is 7.45. The average Bonchev–Trinajstić information content (AvgIpc) is 3.48. The van der Waals surface area contributed by atoms with Gasteiger partial charge >= 0.3 is 6.03 Å². The smallest absolute Gasteiger partial charge is 0.320 e. The van der Waals surface area contributed by atoms with Crippen LogP contribution in [-0.4, -0.2) is 58.9 Å². The van der Waals surface area contributed by atoms with Crippen molar-refractivity contribution >= 4 is 11.9 Å². The molecule has 0 spiro atoms. The van der Waals surface area contributed by atoms with Crippen LogP contribution in [0.2, 0.25) is 0 Å². The van der Waals surface area contributed by atoms with Crippen molar-refractivity contribution in [3.05, 3.63) is 89.5 Å². The molecule has 2 aliphatic rings. The van der Waals surface area contributed by atoms with Gasteiger partial charge in [0.2, 0.25) is 0 Å². The van der Waals surface area contributed by atoms with Crippen LogP contribution < -0.4 is 5.32 Å². The van der Waals surface area contributed by atoms with Crippen LogP contribution in [-0.2, 0) is 6.42 Å². The van der Waals surface area contributed by atoms with Gasteiger partial charge < -0.3 is 15.1 Å². The standard InChI is InChI=1S/C30H33FN4O2/c1-2-21-8-10-22(11-9-21)25-17-27(20-35(19-25)30(37)34-14-3-4-15-34)33-29(36)28-13-12-24(18-32-28)23-6-5-7-26(31)16-23/h5-13,16,18,25,27H,2-4,14-15,17,19-20H2,1H3,(H,33,36). The van der Waals surface area contributed by atoms with Crippen LogP contribution in [0, 0.1) is 5.82 Å². The number of aryl methyl sites for hydroxylation is 1. The van der Waals surface area contributed by atoms with Crippen molar-refractivity contribution < 1.29 is 14.0 Å². The Morgan fingerprint density at radius 3 is 2.43 bits per heavy atom. The summed E-state index contributed by atoms with van der Waals surface area (Å²) in [5.41, 5.74) is 4.22. The quantitative estimate of drug-likeness (QED) is 0.520. The van der Waals surface area contributed by atoms with Crippen LogP contribution in [0.15, 0.2) is 66.9 Å². The van der Waals surface area contributed by atoms with Gasteiger partial charge in [-0.1, -0.05) is 49.4 Å². The van der Waals surface area contributed by atoms with E-state index in [1.807, 2.05) is 9.80 Å².